The number of nitrogens with two attached hydrogens (primary N) is 1. The number of para-hydroxylation sites is 2. The van der Waals surface area contributed by atoms with E-state index < -0.39 is 5.91 Å². The summed E-state index contributed by atoms with van der Waals surface area (Å²) in [6, 6.07) is 7.55. The fraction of sp³-hybridized carbons (Fsp3) is 0.353. The van der Waals surface area contributed by atoms with Gasteiger partial charge in [-0.05, 0) is 25.0 Å². The molecule has 1 fully saturated rings. The predicted octanol–water partition coefficient (Wildman–Crippen LogP) is 1.10. The van der Waals surface area contributed by atoms with E-state index >= 15 is 0 Å². The van der Waals surface area contributed by atoms with Crippen molar-refractivity contribution in [1.82, 2.24) is 29.9 Å². The van der Waals surface area contributed by atoms with Gasteiger partial charge in [0.05, 0.1) is 23.6 Å². The number of hydrogen-bond donors (Lipinski definition) is 2. The number of nitrogens with one attached hydrogen (secondary N) is 1. The molecule has 1 aliphatic rings. The Morgan fingerprint density at radius 1 is 1.33 bits per heavy atom. The molecule has 3 N–H and O–H groups in total. The molecule has 1 atom stereocenters. The van der Waals surface area contributed by atoms with Gasteiger partial charge in [0.1, 0.15) is 5.82 Å². The minimum atomic E-state index is -0.804. The lowest BCUT2D eigenvalue weighted by atomic mass is 10.2. The number of rotatable bonds is 4. The van der Waals surface area contributed by atoms with E-state index in [0.29, 0.717) is 6.54 Å². The number of hydrogen-bond acceptors (Lipinski definition) is 6. The van der Waals surface area contributed by atoms with E-state index in [2.05, 4.69) is 15.5 Å². The van der Waals surface area contributed by atoms with E-state index in [1.807, 2.05) is 35.9 Å². The first kappa shape index (κ1) is 17.0. The predicted molar refractivity (Wildman–Crippen MR) is 94.4 cm³/mol. The number of amides is 3. The minimum Gasteiger partial charge on any atom is -0.361 e. The molecular formula is C17H19N7O3. The van der Waals surface area contributed by atoms with Gasteiger partial charge < -0.3 is 25.0 Å². The third-order valence-electron chi connectivity index (χ3n) is 4.71. The second-order valence-electron chi connectivity index (χ2n) is 6.41. The van der Waals surface area contributed by atoms with E-state index in [-0.39, 0.29) is 30.3 Å². The van der Waals surface area contributed by atoms with Gasteiger partial charge in [-0.25, -0.2) is 9.78 Å². The van der Waals surface area contributed by atoms with E-state index in [4.69, 9.17) is 15.2 Å². The highest BCUT2D eigenvalue weighted by molar-refractivity contribution is 5.87. The Morgan fingerprint density at radius 3 is 2.89 bits per heavy atom. The number of carbonyl (C=O) groups excluding carboxylic acids is 2. The smallest absolute Gasteiger partial charge is 0.318 e. The Labute approximate surface area is 154 Å². The highest BCUT2D eigenvalue weighted by atomic mass is 16.5. The Balaban J connectivity index is 1.49. The number of likely N-dealkylation sites (tertiary alicyclic amines) is 1. The van der Waals surface area contributed by atoms with Gasteiger partial charge in [0.15, 0.2) is 5.82 Å². The average Bonchev–Trinajstić information content (AvgIpc) is 3.38. The first-order valence-corrected chi connectivity index (χ1v) is 8.63. The molecule has 10 heteroatoms. The quantitative estimate of drug-likeness (QED) is 0.708. The molecule has 3 amide bonds. The zero-order chi connectivity index (χ0) is 19.0. The third kappa shape index (κ3) is 3.09. The van der Waals surface area contributed by atoms with Crippen molar-refractivity contribution >= 4 is 23.0 Å². The number of imidazole rings is 1. The minimum absolute atomic E-state index is 0.0430. The van der Waals surface area contributed by atoms with E-state index in [1.54, 1.807) is 4.90 Å². The summed E-state index contributed by atoms with van der Waals surface area (Å²) in [5.74, 6) is -0.0328. The zero-order valence-corrected chi connectivity index (χ0v) is 14.8. The number of primary amides is 1. The SMILES string of the molecule is Cn1c(C2CCCN2C(=O)NCc2noc(C(N)=O)n2)nc2ccccc21. The molecule has 0 aliphatic carbocycles. The summed E-state index contributed by atoms with van der Waals surface area (Å²) in [6.45, 7) is 0.680. The Bertz CT molecular complexity index is 1010. The molecular weight excluding hydrogens is 350 g/mol. The van der Waals surface area contributed by atoms with Crippen LogP contribution < -0.4 is 11.1 Å². The molecule has 2 aromatic heterocycles. The molecule has 3 heterocycles. The number of benzene rings is 1. The number of urea groups is 1. The lowest BCUT2D eigenvalue weighted by molar-refractivity contribution is 0.0958. The molecule has 1 aliphatic heterocycles. The summed E-state index contributed by atoms with van der Waals surface area (Å²) < 4.78 is 6.74. The van der Waals surface area contributed by atoms with Crippen LogP contribution in [0, 0.1) is 0 Å². The lowest BCUT2D eigenvalue weighted by Gasteiger charge is -2.24. The van der Waals surface area contributed by atoms with Gasteiger partial charge in [-0.1, -0.05) is 17.3 Å². The first-order chi connectivity index (χ1) is 13.0. The number of nitrogens with zero attached hydrogens (tertiary/aromatic N) is 5. The molecule has 4 rings (SSSR count). The molecule has 0 radical (unpaired) electrons. The Kier molecular flexibility index (Phi) is 4.22. The second kappa shape index (κ2) is 6.71. The maximum Gasteiger partial charge on any atom is 0.318 e. The van der Waals surface area contributed by atoms with E-state index in [0.717, 1.165) is 29.7 Å². The Hall–Kier alpha value is -3.43. The number of fused-ring (bicyclic) bond motifs is 1. The van der Waals surface area contributed by atoms with Crippen molar-refractivity contribution in [1.29, 1.82) is 0 Å². The van der Waals surface area contributed by atoms with Crippen LogP contribution in [0.2, 0.25) is 0 Å². The molecule has 1 saturated heterocycles. The number of carbonyl (C=O) groups is 2. The summed E-state index contributed by atoms with van der Waals surface area (Å²) in [6.07, 6.45) is 1.74. The van der Waals surface area contributed by atoms with Crippen molar-refractivity contribution in [2.24, 2.45) is 12.8 Å². The largest absolute Gasteiger partial charge is 0.361 e. The number of aromatic nitrogens is 4. The summed E-state index contributed by atoms with van der Waals surface area (Å²) in [5, 5.41) is 6.38. The Morgan fingerprint density at radius 2 is 2.15 bits per heavy atom. The molecule has 140 valence electrons. The van der Waals surface area contributed by atoms with Crippen LogP contribution in [0.3, 0.4) is 0 Å². The van der Waals surface area contributed by atoms with Gasteiger partial charge in [0.2, 0.25) is 0 Å². The highest BCUT2D eigenvalue weighted by Crippen LogP contribution is 2.32. The van der Waals surface area contributed by atoms with Gasteiger partial charge in [0.25, 0.3) is 0 Å². The second-order valence-corrected chi connectivity index (χ2v) is 6.41. The molecule has 27 heavy (non-hydrogen) atoms. The third-order valence-corrected chi connectivity index (χ3v) is 4.71. The molecule has 3 aromatic rings. The van der Waals surface area contributed by atoms with Gasteiger partial charge in [-0.3, -0.25) is 4.79 Å². The van der Waals surface area contributed by atoms with Crippen LogP contribution in [0.5, 0.6) is 0 Å². The number of aryl methyl sites for hydroxylation is 1. The van der Waals surface area contributed by atoms with Crippen molar-refractivity contribution in [3.63, 3.8) is 0 Å². The van der Waals surface area contributed by atoms with Crippen LogP contribution in [0.25, 0.3) is 11.0 Å². The fourth-order valence-corrected chi connectivity index (χ4v) is 3.42. The van der Waals surface area contributed by atoms with E-state index in [9.17, 15) is 9.59 Å². The van der Waals surface area contributed by atoms with Crippen LogP contribution in [0.4, 0.5) is 4.79 Å². The molecule has 10 nitrogen and oxygen atoms in total. The summed E-state index contributed by atoms with van der Waals surface area (Å²) in [7, 11) is 1.96. The van der Waals surface area contributed by atoms with Crippen LogP contribution in [0.1, 0.15) is 41.2 Å². The zero-order valence-electron chi connectivity index (χ0n) is 14.8. The fourth-order valence-electron chi connectivity index (χ4n) is 3.42. The normalized spacial score (nSPS) is 16.8. The first-order valence-electron chi connectivity index (χ1n) is 8.63. The summed E-state index contributed by atoms with van der Waals surface area (Å²) in [5.41, 5.74) is 7.01. The molecule has 0 bridgehead atoms. The maximum atomic E-state index is 12.7. The van der Waals surface area contributed by atoms with Crippen LogP contribution in [0.15, 0.2) is 28.8 Å². The summed E-state index contributed by atoms with van der Waals surface area (Å²) in [4.78, 5) is 34.0. The van der Waals surface area contributed by atoms with Crippen LogP contribution in [-0.4, -0.2) is 43.1 Å². The van der Waals surface area contributed by atoms with Crippen LogP contribution >= 0.6 is 0 Å². The average molecular weight is 369 g/mol. The lowest BCUT2D eigenvalue weighted by Crippen LogP contribution is -2.40. The van der Waals surface area contributed by atoms with Gasteiger partial charge >= 0.3 is 17.8 Å². The maximum absolute atomic E-state index is 12.7. The van der Waals surface area contributed by atoms with Gasteiger partial charge in [0, 0.05) is 13.6 Å². The van der Waals surface area contributed by atoms with Crippen LogP contribution in [-0.2, 0) is 13.6 Å². The standard InChI is InChI=1S/C17H19N7O3/c1-23-11-6-3-2-5-10(11)20-15(23)12-7-4-8-24(12)17(26)19-9-13-21-16(14(18)25)27-22-13/h2-3,5-6,12H,4,7-9H2,1H3,(H2,18,25)(H,19,26). The van der Waals surface area contributed by atoms with Crippen molar-refractivity contribution in [2.45, 2.75) is 25.4 Å². The highest BCUT2D eigenvalue weighted by Gasteiger charge is 2.33. The van der Waals surface area contributed by atoms with Crippen molar-refractivity contribution < 1.29 is 14.1 Å². The topological polar surface area (TPSA) is 132 Å². The van der Waals surface area contributed by atoms with Crippen molar-refractivity contribution in [3.05, 3.63) is 41.8 Å². The molecule has 0 saturated carbocycles. The van der Waals surface area contributed by atoms with Gasteiger partial charge in [-0.2, -0.15) is 4.98 Å². The van der Waals surface area contributed by atoms with E-state index in [1.165, 1.54) is 0 Å². The molecule has 0 spiro atoms. The summed E-state index contributed by atoms with van der Waals surface area (Å²) >= 11 is 0. The van der Waals surface area contributed by atoms with Gasteiger partial charge in [-0.15, -0.1) is 0 Å². The molecule has 1 aromatic carbocycles. The van der Waals surface area contributed by atoms with Crippen molar-refractivity contribution in [2.75, 3.05) is 6.54 Å². The molecule has 1 unspecified atom stereocenters. The monoisotopic (exact) mass is 369 g/mol. The van der Waals surface area contributed by atoms with Crippen molar-refractivity contribution in [3.8, 4) is 0 Å².